The van der Waals surface area contributed by atoms with Gasteiger partial charge in [0, 0.05) is 12.6 Å². The molecule has 3 rings (SSSR count). The van der Waals surface area contributed by atoms with E-state index in [9.17, 15) is 10.2 Å². The Bertz CT molecular complexity index is 487. The van der Waals surface area contributed by atoms with E-state index in [0.29, 0.717) is 12.2 Å². The van der Waals surface area contributed by atoms with Gasteiger partial charge in [0.05, 0.1) is 25.0 Å². The summed E-state index contributed by atoms with van der Waals surface area (Å²) in [5.41, 5.74) is 5.81. The lowest BCUT2D eigenvalue weighted by molar-refractivity contribution is -0.0861. The number of hydrogen-bond donors (Lipinski definition) is 3. The maximum Gasteiger partial charge on any atom is 0.114 e. The zero-order chi connectivity index (χ0) is 15.6. The van der Waals surface area contributed by atoms with Crippen LogP contribution in [0.2, 0.25) is 0 Å². The fourth-order valence-corrected chi connectivity index (χ4v) is 3.48. The third-order valence-corrected chi connectivity index (χ3v) is 4.97. The van der Waals surface area contributed by atoms with Gasteiger partial charge in [0.15, 0.2) is 0 Å². The Morgan fingerprint density at radius 3 is 2.86 bits per heavy atom. The summed E-state index contributed by atoms with van der Waals surface area (Å²) in [4.78, 5) is 0. The smallest absolute Gasteiger partial charge is 0.114 e. The van der Waals surface area contributed by atoms with Crippen molar-refractivity contribution >= 4 is 0 Å². The molecule has 1 aromatic heterocycles. The Hall–Kier alpha value is -1.02. The lowest BCUT2D eigenvalue weighted by atomic mass is 9.98. The second-order valence-corrected chi connectivity index (χ2v) is 6.61. The fourth-order valence-electron chi connectivity index (χ4n) is 3.48. The zero-order valence-corrected chi connectivity index (χ0v) is 12.9. The van der Waals surface area contributed by atoms with Gasteiger partial charge in [-0.25, -0.2) is 0 Å². The molecule has 1 saturated carbocycles. The molecular formula is C15H26N4O3. The van der Waals surface area contributed by atoms with Crippen LogP contribution in [0.15, 0.2) is 6.20 Å². The first kappa shape index (κ1) is 15.9. The van der Waals surface area contributed by atoms with Crippen molar-refractivity contribution in [3.8, 4) is 0 Å². The van der Waals surface area contributed by atoms with Crippen LogP contribution in [0.3, 0.4) is 0 Å². The summed E-state index contributed by atoms with van der Waals surface area (Å²) in [6.07, 6.45) is 7.91. The molecule has 0 aromatic carbocycles. The normalized spacial score (nSPS) is 31.5. The molecule has 7 heteroatoms. The Labute approximate surface area is 130 Å². The summed E-state index contributed by atoms with van der Waals surface area (Å²) in [5, 5.41) is 28.0. The molecule has 2 aliphatic rings. The summed E-state index contributed by atoms with van der Waals surface area (Å²) < 4.78 is 7.59. The first-order chi connectivity index (χ1) is 10.6. The minimum absolute atomic E-state index is 0.0296. The molecule has 1 aromatic rings. The van der Waals surface area contributed by atoms with Crippen molar-refractivity contribution in [2.75, 3.05) is 6.61 Å². The highest BCUT2D eigenvalue weighted by Gasteiger charge is 2.35. The van der Waals surface area contributed by atoms with E-state index in [4.69, 9.17) is 10.5 Å². The van der Waals surface area contributed by atoms with E-state index in [1.165, 1.54) is 0 Å². The predicted octanol–water partition coefficient (Wildman–Crippen LogP) is 0.297. The van der Waals surface area contributed by atoms with Gasteiger partial charge < -0.3 is 20.7 Å². The Morgan fingerprint density at radius 1 is 1.36 bits per heavy atom. The maximum atomic E-state index is 10.5. The average Bonchev–Trinajstić information content (AvgIpc) is 3.16. The molecule has 3 atom stereocenters. The van der Waals surface area contributed by atoms with Crippen LogP contribution in [0.5, 0.6) is 0 Å². The van der Waals surface area contributed by atoms with Gasteiger partial charge >= 0.3 is 0 Å². The van der Waals surface area contributed by atoms with Gasteiger partial charge in [-0.05, 0) is 32.1 Å². The molecule has 0 spiro atoms. The summed E-state index contributed by atoms with van der Waals surface area (Å²) in [5.74, 6) is 0. The van der Waals surface area contributed by atoms with Crippen LogP contribution in [0, 0.1) is 0 Å². The third kappa shape index (κ3) is 3.32. The molecule has 1 aliphatic carbocycles. The molecule has 4 N–H and O–H groups in total. The van der Waals surface area contributed by atoms with E-state index < -0.39 is 5.60 Å². The molecule has 0 amide bonds. The molecule has 22 heavy (non-hydrogen) atoms. The number of nitrogens with two attached hydrogens (primary N) is 1. The van der Waals surface area contributed by atoms with Crippen molar-refractivity contribution < 1.29 is 14.9 Å². The number of ether oxygens (including phenoxy) is 1. The van der Waals surface area contributed by atoms with E-state index in [0.717, 1.165) is 44.9 Å². The number of aryl methyl sites for hydroxylation is 1. The van der Waals surface area contributed by atoms with Crippen LogP contribution in [0.4, 0.5) is 0 Å². The van der Waals surface area contributed by atoms with Crippen molar-refractivity contribution in [2.45, 2.75) is 75.3 Å². The van der Waals surface area contributed by atoms with Gasteiger partial charge in [-0.1, -0.05) is 18.1 Å². The molecule has 1 aliphatic heterocycles. The molecule has 124 valence electrons. The van der Waals surface area contributed by atoms with Crippen molar-refractivity contribution in [3.63, 3.8) is 0 Å². The Kier molecular flexibility index (Phi) is 4.77. The SMILES string of the molecule is N[C@@H]1CC[C@@H](CCn2cc(C3(O)CCCC3)nn2)O[C@H]1CO. The van der Waals surface area contributed by atoms with Crippen LogP contribution >= 0.6 is 0 Å². The second-order valence-electron chi connectivity index (χ2n) is 6.61. The molecule has 1 saturated heterocycles. The van der Waals surface area contributed by atoms with E-state index in [2.05, 4.69) is 10.3 Å². The van der Waals surface area contributed by atoms with Crippen LogP contribution < -0.4 is 5.73 Å². The molecule has 0 radical (unpaired) electrons. The van der Waals surface area contributed by atoms with E-state index >= 15 is 0 Å². The molecule has 0 unspecified atom stereocenters. The fraction of sp³-hybridized carbons (Fsp3) is 0.867. The number of aromatic nitrogens is 3. The minimum atomic E-state index is -0.783. The highest BCUT2D eigenvalue weighted by Crippen LogP contribution is 2.37. The van der Waals surface area contributed by atoms with Gasteiger partial charge in [0.1, 0.15) is 11.3 Å². The summed E-state index contributed by atoms with van der Waals surface area (Å²) in [6, 6.07) is -0.0733. The van der Waals surface area contributed by atoms with Gasteiger partial charge in [-0.15, -0.1) is 5.10 Å². The standard InChI is InChI=1S/C15H26N4O3/c16-12-4-3-11(22-13(12)10-20)5-8-19-9-14(17-18-19)15(21)6-1-2-7-15/h9,11-13,20-21H,1-8,10,16H2/t11-,12+,13-/m0/s1. The number of nitrogens with zero attached hydrogens (tertiary/aromatic N) is 3. The van der Waals surface area contributed by atoms with Gasteiger partial charge in [-0.3, -0.25) is 4.68 Å². The van der Waals surface area contributed by atoms with Crippen molar-refractivity contribution in [3.05, 3.63) is 11.9 Å². The van der Waals surface area contributed by atoms with E-state index in [1.807, 2.05) is 6.20 Å². The maximum absolute atomic E-state index is 10.5. The molecule has 2 fully saturated rings. The zero-order valence-electron chi connectivity index (χ0n) is 12.9. The number of rotatable bonds is 5. The number of aliphatic hydroxyl groups excluding tert-OH is 1. The molecule has 0 bridgehead atoms. The summed E-state index contributed by atoms with van der Waals surface area (Å²) in [6.45, 7) is 0.666. The quantitative estimate of drug-likeness (QED) is 0.722. The van der Waals surface area contributed by atoms with Gasteiger partial charge in [0.2, 0.25) is 0 Å². The van der Waals surface area contributed by atoms with Crippen molar-refractivity contribution in [1.82, 2.24) is 15.0 Å². The minimum Gasteiger partial charge on any atom is -0.394 e. The molecular weight excluding hydrogens is 284 g/mol. The lowest BCUT2D eigenvalue weighted by Crippen LogP contribution is -2.46. The van der Waals surface area contributed by atoms with Crippen LogP contribution in [-0.2, 0) is 16.9 Å². The lowest BCUT2D eigenvalue weighted by Gasteiger charge is -2.33. The highest BCUT2D eigenvalue weighted by molar-refractivity contribution is 5.08. The van der Waals surface area contributed by atoms with Crippen LogP contribution in [0.1, 0.15) is 50.6 Å². The van der Waals surface area contributed by atoms with Crippen molar-refractivity contribution in [1.29, 1.82) is 0 Å². The number of hydrogen-bond acceptors (Lipinski definition) is 6. The van der Waals surface area contributed by atoms with Crippen LogP contribution in [0.25, 0.3) is 0 Å². The van der Waals surface area contributed by atoms with Crippen LogP contribution in [-0.4, -0.2) is 50.1 Å². The van der Waals surface area contributed by atoms with Gasteiger partial charge in [-0.2, -0.15) is 0 Å². The topological polar surface area (TPSA) is 106 Å². The largest absolute Gasteiger partial charge is 0.394 e. The second kappa shape index (κ2) is 6.62. The van der Waals surface area contributed by atoms with E-state index in [-0.39, 0.29) is 24.9 Å². The first-order valence-corrected chi connectivity index (χ1v) is 8.25. The molecule has 2 heterocycles. The molecule has 7 nitrogen and oxygen atoms in total. The van der Waals surface area contributed by atoms with Gasteiger partial charge in [0.25, 0.3) is 0 Å². The monoisotopic (exact) mass is 310 g/mol. The summed E-state index contributed by atoms with van der Waals surface area (Å²) >= 11 is 0. The highest BCUT2D eigenvalue weighted by atomic mass is 16.5. The Balaban J connectivity index is 1.53. The third-order valence-electron chi connectivity index (χ3n) is 4.97. The van der Waals surface area contributed by atoms with Crippen molar-refractivity contribution in [2.24, 2.45) is 5.73 Å². The summed E-state index contributed by atoms with van der Waals surface area (Å²) in [7, 11) is 0. The Morgan fingerprint density at radius 2 is 2.14 bits per heavy atom. The number of aliphatic hydroxyl groups is 2. The average molecular weight is 310 g/mol. The first-order valence-electron chi connectivity index (χ1n) is 8.25. The predicted molar refractivity (Wildman–Crippen MR) is 80.0 cm³/mol. The van der Waals surface area contributed by atoms with E-state index in [1.54, 1.807) is 4.68 Å².